The summed E-state index contributed by atoms with van der Waals surface area (Å²) in [6.45, 7) is 2.27. The van der Waals surface area contributed by atoms with E-state index in [0.717, 1.165) is 6.07 Å². The van der Waals surface area contributed by atoms with Crippen molar-refractivity contribution < 1.29 is 13.6 Å². The third kappa shape index (κ3) is 3.05. The van der Waals surface area contributed by atoms with Crippen molar-refractivity contribution in [2.24, 2.45) is 0 Å². The van der Waals surface area contributed by atoms with Crippen molar-refractivity contribution in [2.75, 3.05) is 31.5 Å². The standard InChI is InChI=1S/C11H13F2N3O/c12-8-5-9(13)7-10(6-8)14-1-3-16-4-2-15-11(16)17/h5-7,14H,1-4H2,(H,15,17). The van der Waals surface area contributed by atoms with Crippen LogP contribution in [0.3, 0.4) is 0 Å². The lowest BCUT2D eigenvalue weighted by atomic mass is 10.3. The first-order valence-electron chi connectivity index (χ1n) is 5.38. The molecule has 0 atom stereocenters. The van der Waals surface area contributed by atoms with Crippen molar-refractivity contribution in [3.05, 3.63) is 29.8 Å². The molecule has 0 aliphatic carbocycles. The van der Waals surface area contributed by atoms with E-state index in [1.165, 1.54) is 12.1 Å². The maximum atomic E-state index is 12.9. The van der Waals surface area contributed by atoms with Crippen molar-refractivity contribution in [2.45, 2.75) is 0 Å². The number of nitrogens with one attached hydrogen (secondary N) is 2. The van der Waals surface area contributed by atoms with Crippen LogP contribution in [0.2, 0.25) is 0 Å². The molecular weight excluding hydrogens is 228 g/mol. The van der Waals surface area contributed by atoms with Gasteiger partial charge in [-0.05, 0) is 12.1 Å². The van der Waals surface area contributed by atoms with Gasteiger partial charge in [-0.1, -0.05) is 0 Å². The summed E-state index contributed by atoms with van der Waals surface area (Å²) in [7, 11) is 0. The van der Waals surface area contributed by atoms with Gasteiger partial charge in [0.2, 0.25) is 0 Å². The molecular formula is C11H13F2N3O. The van der Waals surface area contributed by atoms with Crippen LogP contribution in [0.15, 0.2) is 18.2 Å². The van der Waals surface area contributed by atoms with Gasteiger partial charge in [-0.15, -0.1) is 0 Å². The Hall–Kier alpha value is -1.85. The van der Waals surface area contributed by atoms with Crippen molar-refractivity contribution >= 4 is 11.7 Å². The number of hydrogen-bond donors (Lipinski definition) is 2. The van der Waals surface area contributed by atoms with E-state index >= 15 is 0 Å². The van der Waals surface area contributed by atoms with Crippen molar-refractivity contribution in [1.82, 2.24) is 10.2 Å². The number of carbonyl (C=O) groups excluding carboxylic acids is 1. The highest BCUT2D eigenvalue weighted by Crippen LogP contribution is 2.12. The van der Waals surface area contributed by atoms with Crippen LogP contribution < -0.4 is 10.6 Å². The van der Waals surface area contributed by atoms with Crippen LogP contribution >= 0.6 is 0 Å². The number of carbonyl (C=O) groups is 1. The summed E-state index contributed by atoms with van der Waals surface area (Å²) in [5.41, 5.74) is 0.377. The molecule has 0 unspecified atom stereocenters. The summed E-state index contributed by atoms with van der Waals surface area (Å²) in [6.07, 6.45) is 0. The molecule has 2 amide bonds. The molecule has 17 heavy (non-hydrogen) atoms. The number of amides is 2. The third-order valence-corrected chi connectivity index (χ3v) is 2.52. The van der Waals surface area contributed by atoms with E-state index in [-0.39, 0.29) is 6.03 Å². The van der Waals surface area contributed by atoms with E-state index in [1.807, 2.05) is 0 Å². The maximum Gasteiger partial charge on any atom is 0.317 e. The Morgan fingerprint density at radius 1 is 1.29 bits per heavy atom. The molecule has 2 N–H and O–H groups in total. The molecule has 92 valence electrons. The van der Waals surface area contributed by atoms with Gasteiger partial charge in [0.15, 0.2) is 0 Å². The molecule has 0 aromatic heterocycles. The summed E-state index contributed by atoms with van der Waals surface area (Å²) in [5, 5.41) is 5.55. The fraction of sp³-hybridized carbons (Fsp3) is 0.364. The summed E-state index contributed by atoms with van der Waals surface area (Å²) in [6, 6.07) is 3.15. The predicted octanol–water partition coefficient (Wildman–Crippen LogP) is 1.40. The molecule has 1 fully saturated rings. The molecule has 1 aromatic rings. The Bertz CT molecular complexity index is 405. The first-order chi connectivity index (χ1) is 8.15. The number of hydrogen-bond acceptors (Lipinski definition) is 2. The summed E-state index contributed by atoms with van der Waals surface area (Å²) < 4.78 is 25.7. The second-order valence-corrected chi connectivity index (χ2v) is 3.80. The largest absolute Gasteiger partial charge is 0.383 e. The highest BCUT2D eigenvalue weighted by molar-refractivity contribution is 5.76. The first-order valence-corrected chi connectivity index (χ1v) is 5.38. The topological polar surface area (TPSA) is 44.4 Å². The van der Waals surface area contributed by atoms with Crippen LogP contribution in [0, 0.1) is 11.6 Å². The SMILES string of the molecule is O=C1NCCN1CCNc1cc(F)cc(F)c1. The highest BCUT2D eigenvalue weighted by Gasteiger charge is 2.18. The van der Waals surface area contributed by atoms with Gasteiger partial charge >= 0.3 is 6.03 Å². The van der Waals surface area contributed by atoms with Gasteiger partial charge in [0, 0.05) is 37.9 Å². The molecule has 0 saturated carbocycles. The molecule has 1 aromatic carbocycles. The molecule has 1 heterocycles. The van der Waals surface area contributed by atoms with E-state index in [9.17, 15) is 13.6 Å². The number of nitrogens with zero attached hydrogens (tertiary/aromatic N) is 1. The molecule has 1 aliphatic rings. The lowest BCUT2D eigenvalue weighted by molar-refractivity contribution is 0.219. The molecule has 0 radical (unpaired) electrons. The molecule has 2 rings (SSSR count). The monoisotopic (exact) mass is 241 g/mol. The van der Waals surface area contributed by atoms with Crippen molar-refractivity contribution in [3.63, 3.8) is 0 Å². The Labute approximate surface area is 97.6 Å². The van der Waals surface area contributed by atoms with Gasteiger partial charge in [-0.25, -0.2) is 13.6 Å². The normalized spacial score (nSPS) is 14.9. The second-order valence-electron chi connectivity index (χ2n) is 3.80. The average Bonchev–Trinajstić information content (AvgIpc) is 2.63. The Morgan fingerprint density at radius 3 is 2.59 bits per heavy atom. The lowest BCUT2D eigenvalue weighted by Crippen LogP contribution is -2.32. The number of anilines is 1. The number of halogens is 2. The fourth-order valence-corrected chi connectivity index (χ4v) is 1.72. The zero-order valence-electron chi connectivity index (χ0n) is 9.17. The van der Waals surface area contributed by atoms with Crippen molar-refractivity contribution in [1.29, 1.82) is 0 Å². The zero-order chi connectivity index (χ0) is 12.3. The number of benzene rings is 1. The number of rotatable bonds is 4. The Morgan fingerprint density at radius 2 is 2.00 bits per heavy atom. The van der Waals surface area contributed by atoms with E-state index in [2.05, 4.69) is 10.6 Å². The van der Waals surface area contributed by atoms with Gasteiger partial charge in [-0.3, -0.25) is 0 Å². The van der Waals surface area contributed by atoms with Gasteiger partial charge in [0.1, 0.15) is 11.6 Å². The molecule has 6 heteroatoms. The molecule has 0 spiro atoms. The van der Waals surface area contributed by atoms with E-state index in [4.69, 9.17) is 0 Å². The van der Waals surface area contributed by atoms with Gasteiger partial charge in [-0.2, -0.15) is 0 Å². The molecule has 1 saturated heterocycles. The average molecular weight is 241 g/mol. The van der Waals surface area contributed by atoms with Crippen LogP contribution in [0.25, 0.3) is 0 Å². The Balaban J connectivity index is 1.83. The van der Waals surface area contributed by atoms with Crippen LogP contribution in [0.1, 0.15) is 0 Å². The second kappa shape index (κ2) is 4.99. The summed E-state index contributed by atoms with van der Waals surface area (Å²) in [5.74, 6) is -1.24. The predicted molar refractivity (Wildman–Crippen MR) is 59.8 cm³/mol. The lowest BCUT2D eigenvalue weighted by Gasteiger charge is -2.14. The minimum absolute atomic E-state index is 0.0998. The summed E-state index contributed by atoms with van der Waals surface area (Å²) in [4.78, 5) is 12.8. The van der Waals surface area contributed by atoms with Crippen LogP contribution in [0.4, 0.5) is 19.3 Å². The smallest absolute Gasteiger partial charge is 0.317 e. The molecule has 1 aliphatic heterocycles. The van der Waals surface area contributed by atoms with E-state index in [0.29, 0.717) is 31.9 Å². The van der Waals surface area contributed by atoms with Crippen molar-refractivity contribution in [3.8, 4) is 0 Å². The summed E-state index contributed by atoms with van der Waals surface area (Å²) >= 11 is 0. The molecule has 0 bridgehead atoms. The maximum absolute atomic E-state index is 12.9. The van der Waals surface area contributed by atoms with Gasteiger partial charge in [0.05, 0.1) is 0 Å². The van der Waals surface area contributed by atoms with E-state index in [1.54, 1.807) is 4.90 Å². The third-order valence-electron chi connectivity index (χ3n) is 2.52. The van der Waals surface area contributed by atoms with Crippen LogP contribution in [0.5, 0.6) is 0 Å². The molecule has 4 nitrogen and oxygen atoms in total. The quantitative estimate of drug-likeness (QED) is 0.837. The minimum atomic E-state index is -0.619. The minimum Gasteiger partial charge on any atom is -0.383 e. The Kier molecular flexibility index (Phi) is 3.41. The van der Waals surface area contributed by atoms with Gasteiger partial charge in [0.25, 0.3) is 0 Å². The van der Waals surface area contributed by atoms with Crippen LogP contribution in [-0.2, 0) is 0 Å². The van der Waals surface area contributed by atoms with Crippen LogP contribution in [-0.4, -0.2) is 37.1 Å². The first kappa shape index (κ1) is 11.6. The number of urea groups is 1. The fourth-order valence-electron chi connectivity index (χ4n) is 1.72. The highest BCUT2D eigenvalue weighted by atomic mass is 19.1. The van der Waals surface area contributed by atoms with E-state index < -0.39 is 11.6 Å². The zero-order valence-corrected chi connectivity index (χ0v) is 9.17. The van der Waals surface area contributed by atoms with Gasteiger partial charge < -0.3 is 15.5 Å².